The Morgan fingerprint density at radius 2 is 1.45 bits per heavy atom. The highest BCUT2D eigenvalue weighted by atomic mass is 16.6. The van der Waals surface area contributed by atoms with Crippen LogP contribution in [0.2, 0.25) is 0 Å². The average molecular weight is 648 g/mol. The smallest absolute Gasteiger partial charge is 0.408 e. The number of nitrogens with one attached hydrogen (secondary N) is 3. The first kappa shape index (κ1) is 35.9. The van der Waals surface area contributed by atoms with Gasteiger partial charge in [-0.25, -0.2) is 4.79 Å². The lowest BCUT2D eigenvalue weighted by Gasteiger charge is -2.34. The van der Waals surface area contributed by atoms with E-state index in [1.807, 2.05) is 60.7 Å². The molecule has 0 spiro atoms. The van der Waals surface area contributed by atoms with Crippen molar-refractivity contribution in [2.75, 3.05) is 19.6 Å². The highest BCUT2D eigenvalue weighted by Crippen LogP contribution is 2.35. The maximum Gasteiger partial charge on any atom is 0.408 e. The largest absolute Gasteiger partial charge is 0.444 e. The van der Waals surface area contributed by atoms with Crippen molar-refractivity contribution in [3.8, 4) is 0 Å². The molecule has 0 bridgehead atoms. The summed E-state index contributed by atoms with van der Waals surface area (Å²) < 4.78 is 5.39. The number of hydrogen-bond acceptors (Lipinski definition) is 6. The number of carbonyl (C=O) groups is 4. The number of amides is 4. The number of carbonyl (C=O) groups excluding carboxylic acids is 4. The van der Waals surface area contributed by atoms with Gasteiger partial charge in [-0.05, 0) is 77.1 Å². The van der Waals surface area contributed by atoms with Crippen LogP contribution in [-0.4, -0.2) is 83.0 Å². The SMILES string of the molecule is CC[C@H](NC(=O)OC(C)(C)C)C(=O)N[C@@H]1C(=O)N2[C@@H](CC[C@@H]1CN(CC)CC)CC[C@H]2C(=O)NC(c1ccccc1)c1ccccc1. The summed E-state index contributed by atoms with van der Waals surface area (Å²) in [6.45, 7) is 13.5. The Labute approximate surface area is 280 Å². The van der Waals surface area contributed by atoms with Gasteiger partial charge in [0.25, 0.3) is 0 Å². The van der Waals surface area contributed by atoms with Crippen LogP contribution in [0, 0.1) is 5.92 Å². The van der Waals surface area contributed by atoms with Gasteiger partial charge in [-0.15, -0.1) is 0 Å². The second kappa shape index (κ2) is 16.3. The zero-order chi connectivity index (χ0) is 34.1. The molecule has 2 aliphatic heterocycles. The molecule has 2 aromatic rings. The Hall–Kier alpha value is -3.92. The summed E-state index contributed by atoms with van der Waals surface area (Å²) in [5, 5.41) is 8.97. The zero-order valence-corrected chi connectivity index (χ0v) is 28.8. The molecule has 0 radical (unpaired) electrons. The number of rotatable bonds is 12. The number of benzene rings is 2. The van der Waals surface area contributed by atoms with Gasteiger partial charge < -0.3 is 30.5 Å². The van der Waals surface area contributed by atoms with Crippen molar-refractivity contribution in [1.29, 1.82) is 0 Å². The number of ether oxygens (including phenoxy) is 1. The minimum absolute atomic E-state index is 0.0897. The molecule has 4 rings (SSSR count). The van der Waals surface area contributed by atoms with E-state index in [4.69, 9.17) is 4.74 Å². The Bertz CT molecular complexity index is 1300. The molecule has 2 aliphatic rings. The van der Waals surface area contributed by atoms with E-state index < -0.39 is 35.7 Å². The summed E-state index contributed by atoms with van der Waals surface area (Å²) in [7, 11) is 0. The van der Waals surface area contributed by atoms with Crippen LogP contribution in [0.15, 0.2) is 60.7 Å². The molecule has 5 atom stereocenters. The third-order valence-corrected chi connectivity index (χ3v) is 9.32. The lowest BCUT2D eigenvalue weighted by atomic mass is 9.92. The van der Waals surface area contributed by atoms with Crippen LogP contribution in [-0.2, 0) is 19.1 Å². The molecule has 10 nitrogen and oxygen atoms in total. The van der Waals surface area contributed by atoms with Crippen LogP contribution in [0.1, 0.15) is 90.8 Å². The molecule has 0 saturated carbocycles. The number of fused-ring (bicyclic) bond motifs is 1. The maximum atomic E-state index is 14.6. The van der Waals surface area contributed by atoms with E-state index in [0.29, 0.717) is 19.4 Å². The van der Waals surface area contributed by atoms with Gasteiger partial charge in [-0.2, -0.15) is 0 Å². The molecule has 0 unspecified atom stereocenters. The van der Waals surface area contributed by atoms with E-state index in [-0.39, 0.29) is 29.8 Å². The summed E-state index contributed by atoms with van der Waals surface area (Å²) in [5.74, 6) is -1.03. The summed E-state index contributed by atoms with van der Waals surface area (Å²) in [4.78, 5) is 59.0. The molecular weight excluding hydrogens is 594 g/mol. The van der Waals surface area contributed by atoms with Crippen molar-refractivity contribution in [3.63, 3.8) is 0 Å². The van der Waals surface area contributed by atoms with Gasteiger partial charge in [0.05, 0.1) is 6.04 Å². The number of nitrogens with zero attached hydrogens (tertiary/aromatic N) is 2. The minimum Gasteiger partial charge on any atom is -0.444 e. The van der Waals surface area contributed by atoms with E-state index in [1.54, 1.807) is 32.6 Å². The quantitative estimate of drug-likeness (QED) is 0.305. The molecule has 2 fully saturated rings. The highest BCUT2D eigenvalue weighted by molar-refractivity contribution is 5.95. The Kier molecular flexibility index (Phi) is 12.4. The molecule has 0 aliphatic carbocycles. The minimum atomic E-state index is -0.874. The fourth-order valence-electron chi connectivity index (χ4n) is 6.83. The van der Waals surface area contributed by atoms with Gasteiger partial charge in [-0.1, -0.05) is 81.4 Å². The zero-order valence-electron chi connectivity index (χ0n) is 28.8. The third-order valence-electron chi connectivity index (χ3n) is 9.32. The molecule has 3 N–H and O–H groups in total. The normalized spacial score (nSPS) is 22.0. The highest BCUT2D eigenvalue weighted by Gasteiger charge is 2.48. The lowest BCUT2D eigenvalue weighted by molar-refractivity contribution is -0.144. The van der Waals surface area contributed by atoms with Crippen molar-refractivity contribution in [2.45, 2.75) is 109 Å². The summed E-state index contributed by atoms with van der Waals surface area (Å²) in [6.07, 6.45) is 2.40. The first-order valence-electron chi connectivity index (χ1n) is 17.2. The third kappa shape index (κ3) is 9.34. The van der Waals surface area contributed by atoms with Gasteiger partial charge >= 0.3 is 6.09 Å². The topological polar surface area (TPSA) is 120 Å². The molecule has 2 aromatic carbocycles. The molecular formula is C37H53N5O5. The van der Waals surface area contributed by atoms with E-state index in [1.165, 1.54) is 0 Å². The van der Waals surface area contributed by atoms with Gasteiger partial charge in [-0.3, -0.25) is 14.4 Å². The van der Waals surface area contributed by atoms with E-state index >= 15 is 0 Å². The molecule has 2 saturated heterocycles. The maximum absolute atomic E-state index is 14.6. The summed E-state index contributed by atoms with van der Waals surface area (Å²) >= 11 is 0. The van der Waals surface area contributed by atoms with Crippen LogP contribution in [0.25, 0.3) is 0 Å². The molecule has 10 heteroatoms. The van der Waals surface area contributed by atoms with E-state index in [0.717, 1.165) is 43.5 Å². The predicted molar refractivity (Wildman–Crippen MR) is 182 cm³/mol. The second-order valence-corrected chi connectivity index (χ2v) is 13.7. The fourth-order valence-corrected chi connectivity index (χ4v) is 6.83. The van der Waals surface area contributed by atoms with Crippen molar-refractivity contribution in [1.82, 2.24) is 25.8 Å². The monoisotopic (exact) mass is 647 g/mol. The average Bonchev–Trinajstić information content (AvgIpc) is 3.44. The Morgan fingerprint density at radius 1 is 0.872 bits per heavy atom. The van der Waals surface area contributed by atoms with Crippen molar-refractivity contribution in [3.05, 3.63) is 71.8 Å². The van der Waals surface area contributed by atoms with Crippen molar-refractivity contribution in [2.24, 2.45) is 5.92 Å². The number of alkyl carbamates (subject to hydrolysis) is 1. The van der Waals surface area contributed by atoms with Crippen LogP contribution in [0.4, 0.5) is 4.79 Å². The molecule has 47 heavy (non-hydrogen) atoms. The van der Waals surface area contributed by atoms with Gasteiger partial charge in [0, 0.05) is 18.5 Å². The predicted octanol–water partition coefficient (Wildman–Crippen LogP) is 4.79. The second-order valence-electron chi connectivity index (χ2n) is 13.7. The molecule has 0 aromatic heterocycles. The lowest BCUT2D eigenvalue weighted by Crippen LogP contribution is -2.59. The van der Waals surface area contributed by atoms with Crippen LogP contribution < -0.4 is 16.0 Å². The summed E-state index contributed by atoms with van der Waals surface area (Å²) in [5.41, 5.74) is 1.19. The molecule has 2 heterocycles. The van der Waals surface area contributed by atoms with Crippen LogP contribution in [0.3, 0.4) is 0 Å². The Balaban J connectivity index is 1.59. The first-order chi connectivity index (χ1) is 22.4. The van der Waals surface area contributed by atoms with Gasteiger partial charge in [0.15, 0.2) is 0 Å². The van der Waals surface area contributed by atoms with E-state index in [2.05, 4.69) is 34.7 Å². The van der Waals surface area contributed by atoms with Crippen molar-refractivity contribution < 1.29 is 23.9 Å². The fraction of sp³-hybridized carbons (Fsp3) is 0.568. The van der Waals surface area contributed by atoms with Gasteiger partial charge in [0.1, 0.15) is 23.7 Å². The number of hydrogen-bond donors (Lipinski definition) is 3. The van der Waals surface area contributed by atoms with Crippen LogP contribution >= 0.6 is 0 Å². The molecule has 256 valence electrons. The van der Waals surface area contributed by atoms with E-state index in [9.17, 15) is 19.2 Å². The summed E-state index contributed by atoms with van der Waals surface area (Å²) in [6, 6.07) is 16.8. The molecule has 4 amide bonds. The Morgan fingerprint density at radius 3 is 1.98 bits per heavy atom. The standard InChI is InChI=1S/C37H53N5O5/c1-7-29(38-36(46)47-37(4,5)6)33(43)40-32-27(24-41(8-2)9-3)20-21-28-22-23-30(42(28)35(32)45)34(44)39-31(25-16-12-10-13-17-25)26-18-14-11-15-19-26/h10-19,27-32H,7-9,20-24H2,1-6H3,(H,38,46)(H,39,44)(H,40,43)/t27-,28+,29+,30+,32+/m1/s1. The van der Waals surface area contributed by atoms with Crippen LogP contribution in [0.5, 0.6) is 0 Å². The first-order valence-corrected chi connectivity index (χ1v) is 17.2. The van der Waals surface area contributed by atoms with Crippen molar-refractivity contribution >= 4 is 23.8 Å². The van der Waals surface area contributed by atoms with Gasteiger partial charge in [0.2, 0.25) is 17.7 Å².